The van der Waals surface area contributed by atoms with Crippen LogP contribution in [0.1, 0.15) is 38.8 Å². The maximum Gasteiger partial charge on any atom is 0.319 e. The van der Waals surface area contributed by atoms with Gasteiger partial charge in [0.2, 0.25) is 5.91 Å². The summed E-state index contributed by atoms with van der Waals surface area (Å²) in [6.45, 7) is 7.00. The maximum atomic E-state index is 12.3. The zero-order chi connectivity index (χ0) is 22.6. The first kappa shape index (κ1) is 23.9. The zero-order valence-corrected chi connectivity index (χ0v) is 18.5. The topological polar surface area (TPSA) is 97.9 Å². The summed E-state index contributed by atoms with van der Waals surface area (Å²) < 4.78 is 16.3. The highest BCUT2D eigenvalue weighted by atomic mass is 16.5. The van der Waals surface area contributed by atoms with E-state index in [4.69, 9.17) is 14.2 Å². The molecule has 0 saturated carbocycles. The highest BCUT2D eigenvalue weighted by Crippen LogP contribution is 2.30. The van der Waals surface area contributed by atoms with E-state index in [9.17, 15) is 9.59 Å². The number of ether oxygens (including phenoxy) is 3. The predicted molar refractivity (Wildman–Crippen MR) is 120 cm³/mol. The number of carbonyl (C=O) groups is 2. The summed E-state index contributed by atoms with van der Waals surface area (Å²) in [6.07, 6.45) is 0.162. The number of nitrogens with one attached hydrogen (secondary N) is 3. The molecule has 0 aliphatic rings. The van der Waals surface area contributed by atoms with Crippen LogP contribution in [0.15, 0.2) is 42.5 Å². The summed E-state index contributed by atoms with van der Waals surface area (Å²) >= 11 is 0. The smallest absolute Gasteiger partial charge is 0.319 e. The van der Waals surface area contributed by atoms with E-state index < -0.39 is 0 Å². The molecule has 31 heavy (non-hydrogen) atoms. The lowest BCUT2D eigenvalue weighted by Gasteiger charge is -2.17. The third-order valence-corrected chi connectivity index (χ3v) is 4.43. The van der Waals surface area contributed by atoms with Gasteiger partial charge in [0, 0.05) is 18.7 Å². The van der Waals surface area contributed by atoms with E-state index in [1.165, 1.54) is 0 Å². The number of benzene rings is 2. The number of hydrogen-bond acceptors (Lipinski definition) is 5. The summed E-state index contributed by atoms with van der Waals surface area (Å²) in [5, 5.41) is 8.31. The van der Waals surface area contributed by atoms with Crippen molar-refractivity contribution < 1.29 is 23.8 Å². The second-order valence-corrected chi connectivity index (χ2v) is 6.72. The van der Waals surface area contributed by atoms with Crippen LogP contribution in [0.5, 0.6) is 17.2 Å². The standard InChI is InChI=1S/C23H31N3O5/c1-5-30-20-12-7-17(15-21(20)31-6-2)16(3)25-22(27)13-14-24-23(28)26-18-8-10-19(29-4)11-9-18/h7-12,15-16H,5-6,13-14H2,1-4H3,(H,25,27)(H2,24,26,28). The van der Waals surface area contributed by atoms with E-state index in [0.29, 0.717) is 36.1 Å². The van der Waals surface area contributed by atoms with E-state index in [2.05, 4.69) is 16.0 Å². The van der Waals surface area contributed by atoms with Crippen molar-refractivity contribution in [3.05, 3.63) is 48.0 Å². The van der Waals surface area contributed by atoms with Crippen molar-refractivity contribution in [3.8, 4) is 17.2 Å². The number of carbonyl (C=O) groups excluding carboxylic acids is 2. The lowest BCUT2D eigenvalue weighted by Crippen LogP contribution is -2.34. The average molecular weight is 430 g/mol. The Kier molecular flexibility index (Phi) is 9.48. The largest absolute Gasteiger partial charge is 0.497 e. The van der Waals surface area contributed by atoms with Gasteiger partial charge in [-0.2, -0.15) is 0 Å². The minimum atomic E-state index is -0.376. The number of amides is 3. The van der Waals surface area contributed by atoms with Gasteiger partial charge >= 0.3 is 6.03 Å². The molecule has 0 aliphatic carbocycles. The fourth-order valence-corrected chi connectivity index (χ4v) is 2.87. The van der Waals surface area contributed by atoms with Crippen LogP contribution >= 0.6 is 0 Å². The molecule has 168 valence electrons. The van der Waals surface area contributed by atoms with Crippen molar-refractivity contribution in [2.45, 2.75) is 33.2 Å². The van der Waals surface area contributed by atoms with Crippen LogP contribution in [-0.2, 0) is 4.79 Å². The van der Waals surface area contributed by atoms with Gasteiger partial charge in [0.15, 0.2) is 11.5 Å². The van der Waals surface area contributed by atoms with E-state index in [0.717, 1.165) is 5.56 Å². The Hall–Kier alpha value is -3.42. The van der Waals surface area contributed by atoms with Gasteiger partial charge in [0.05, 0.1) is 26.4 Å². The lowest BCUT2D eigenvalue weighted by atomic mass is 10.1. The molecule has 0 heterocycles. The first-order valence-electron chi connectivity index (χ1n) is 10.3. The molecule has 1 atom stereocenters. The molecule has 0 saturated heterocycles. The van der Waals surface area contributed by atoms with Crippen LogP contribution in [0.4, 0.5) is 10.5 Å². The molecule has 0 aromatic heterocycles. The second-order valence-electron chi connectivity index (χ2n) is 6.72. The van der Waals surface area contributed by atoms with Gasteiger partial charge in [0.1, 0.15) is 5.75 Å². The quantitative estimate of drug-likeness (QED) is 0.504. The van der Waals surface area contributed by atoms with Crippen LogP contribution in [0.2, 0.25) is 0 Å². The molecule has 8 heteroatoms. The molecule has 1 unspecified atom stereocenters. The summed E-state index contributed by atoms with van der Waals surface area (Å²) in [5.74, 6) is 1.88. The Morgan fingerprint density at radius 2 is 1.65 bits per heavy atom. The molecule has 0 spiro atoms. The maximum absolute atomic E-state index is 12.3. The molecule has 0 fully saturated rings. The van der Waals surface area contributed by atoms with E-state index >= 15 is 0 Å². The SMILES string of the molecule is CCOc1ccc(C(C)NC(=O)CCNC(=O)Nc2ccc(OC)cc2)cc1OCC. The second kappa shape index (κ2) is 12.3. The van der Waals surface area contributed by atoms with Gasteiger partial charge < -0.3 is 30.2 Å². The zero-order valence-electron chi connectivity index (χ0n) is 18.5. The van der Waals surface area contributed by atoms with E-state index in [-0.39, 0.29) is 30.9 Å². The number of hydrogen-bond donors (Lipinski definition) is 3. The molecule has 2 aromatic rings. The molecule has 8 nitrogen and oxygen atoms in total. The summed E-state index contributed by atoms with van der Waals surface area (Å²) in [4.78, 5) is 24.2. The van der Waals surface area contributed by atoms with Crippen LogP contribution in [-0.4, -0.2) is 38.8 Å². The monoisotopic (exact) mass is 429 g/mol. The number of rotatable bonds is 11. The van der Waals surface area contributed by atoms with Crippen LogP contribution in [0, 0.1) is 0 Å². The third-order valence-electron chi connectivity index (χ3n) is 4.43. The van der Waals surface area contributed by atoms with E-state index in [1.807, 2.05) is 39.0 Å². The molecular formula is C23H31N3O5. The van der Waals surface area contributed by atoms with Gasteiger partial charge in [-0.05, 0) is 62.7 Å². The third kappa shape index (κ3) is 7.73. The van der Waals surface area contributed by atoms with E-state index in [1.54, 1.807) is 31.4 Å². The van der Waals surface area contributed by atoms with Crippen molar-refractivity contribution in [2.24, 2.45) is 0 Å². The van der Waals surface area contributed by atoms with Gasteiger partial charge in [-0.25, -0.2) is 4.79 Å². The number of urea groups is 1. The Morgan fingerprint density at radius 1 is 0.968 bits per heavy atom. The van der Waals surface area contributed by atoms with Crippen LogP contribution in [0.3, 0.4) is 0 Å². The molecular weight excluding hydrogens is 398 g/mol. The van der Waals surface area contributed by atoms with Crippen molar-refractivity contribution in [1.29, 1.82) is 0 Å². The molecule has 0 aliphatic heterocycles. The Labute approximate surface area is 183 Å². The first-order valence-corrected chi connectivity index (χ1v) is 10.3. The highest BCUT2D eigenvalue weighted by Gasteiger charge is 2.13. The van der Waals surface area contributed by atoms with Crippen molar-refractivity contribution in [1.82, 2.24) is 10.6 Å². The van der Waals surface area contributed by atoms with Crippen molar-refractivity contribution >= 4 is 17.6 Å². The fourth-order valence-electron chi connectivity index (χ4n) is 2.87. The lowest BCUT2D eigenvalue weighted by molar-refractivity contribution is -0.121. The van der Waals surface area contributed by atoms with Crippen LogP contribution < -0.4 is 30.2 Å². The Bertz CT molecular complexity index is 855. The Balaban J connectivity index is 1.79. The summed E-state index contributed by atoms with van der Waals surface area (Å²) in [7, 11) is 1.58. The first-order chi connectivity index (χ1) is 15.0. The summed E-state index contributed by atoms with van der Waals surface area (Å²) in [5.41, 5.74) is 1.54. The fraction of sp³-hybridized carbons (Fsp3) is 0.391. The molecule has 3 N–H and O–H groups in total. The average Bonchev–Trinajstić information content (AvgIpc) is 2.75. The van der Waals surface area contributed by atoms with Crippen molar-refractivity contribution in [2.75, 3.05) is 32.2 Å². The molecule has 0 bridgehead atoms. The molecule has 2 aromatic carbocycles. The predicted octanol–water partition coefficient (Wildman–Crippen LogP) is 3.88. The number of methoxy groups -OCH3 is 1. The molecule has 2 rings (SSSR count). The minimum absolute atomic E-state index is 0.162. The number of anilines is 1. The molecule has 0 radical (unpaired) electrons. The van der Waals surface area contributed by atoms with Crippen LogP contribution in [0.25, 0.3) is 0 Å². The Morgan fingerprint density at radius 3 is 2.29 bits per heavy atom. The minimum Gasteiger partial charge on any atom is -0.497 e. The van der Waals surface area contributed by atoms with Crippen molar-refractivity contribution in [3.63, 3.8) is 0 Å². The van der Waals surface area contributed by atoms with Gasteiger partial charge in [-0.1, -0.05) is 6.07 Å². The van der Waals surface area contributed by atoms with Gasteiger partial charge in [-0.3, -0.25) is 4.79 Å². The molecule has 3 amide bonds. The summed E-state index contributed by atoms with van der Waals surface area (Å²) in [6, 6.07) is 12.0. The van der Waals surface area contributed by atoms with Gasteiger partial charge in [-0.15, -0.1) is 0 Å². The van der Waals surface area contributed by atoms with Gasteiger partial charge in [0.25, 0.3) is 0 Å². The normalized spacial score (nSPS) is 11.2. The highest BCUT2D eigenvalue weighted by molar-refractivity contribution is 5.89.